The summed E-state index contributed by atoms with van der Waals surface area (Å²) in [6, 6.07) is 0. The third-order valence-corrected chi connectivity index (χ3v) is 1.62. The highest BCUT2D eigenvalue weighted by Crippen LogP contribution is 2.25. The summed E-state index contributed by atoms with van der Waals surface area (Å²) in [6.45, 7) is 0. The van der Waals surface area contributed by atoms with Crippen molar-refractivity contribution in [2.75, 3.05) is 0 Å². The Bertz CT molecular complexity index is 349. The van der Waals surface area contributed by atoms with Crippen molar-refractivity contribution in [2.45, 2.75) is 6.43 Å². The summed E-state index contributed by atoms with van der Waals surface area (Å²) in [6.07, 6.45) is -2.53. The highest BCUT2D eigenvalue weighted by atomic mass is 35.5. The van der Waals surface area contributed by atoms with Gasteiger partial charge in [-0.3, -0.25) is 4.79 Å². The molecule has 0 saturated carbocycles. The monoisotopic (exact) mass is 197 g/mol. The molecule has 1 N–H and O–H groups in total. The zero-order chi connectivity index (χ0) is 9.30. The maximum Gasteiger partial charge on any atom is 0.268 e. The molecule has 0 unspecified atom stereocenters. The Labute approximate surface area is 70.0 Å². The fourth-order valence-corrected chi connectivity index (χ4v) is 0.925. The number of nitrogens with one attached hydrogen (secondary N) is 1. The molecule has 1 aromatic rings. The molecule has 0 aromatic carbocycles. The first-order valence-corrected chi connectivity index (χ1v) is 3.26. The number of aromatic nitrogens is 1. The summed E-state index contributed by atoms with van der Waals surface area (Å²) in [5.74, 6) is -1.21. The minimum Gasteiger partial charge on any atom is -0.325 e. The maximum atomic E-state index is 12.5. The Morgan fingerprint density at radius 3 is 2.50 bits per heavy atom. The molecule has 1 aromatic heterocycles. The number of aromatic amines is 1. The van der Waals surface area contributed by atoms with E-state index < -0.39 is 28.4 Å². The predicted octanol–water partition coefficient (Wildman–Crippen LogP) is 2.10. The van der Waals surface area contributed by atoms with Gasteiger partial charge < -0.3 is 4.98 Å². The lowest BCUT2D eigenvalue weighted by atomic mass is 10.2. The molecule has 0 bridgehead atoms. The van der Waals surface area contributed by atoms with E-state index in [2.05, 4.69) is 0 Å². The number of rotatable bonds is 1. The van der Waals surface area contributed by atoms with Gasteiger partial charge in [-0.15, -0.1) is 0 Å². The lowest BCUT2D eigenvalue weighted by Crippen LogP contribution is -2.10. The van der Waals surface area contributed by atoms with Gasteiger partial charge in [0.25, 0.3) is 12.0 Å². The molecule has 0 atom stereocenters. The molecule has 0 spiro atoms. The zero-order valence-electron chi connectivity index (χ0n) is 5.57. The van der Waals surface area contributed by atoms with Gasteiger partial charge in [-0.25, -0.2) is 13.2 Å². The molecule has 0 aliphatic rings. The van der Waals surface area contributed by atoms with Gasteiger partial charge in [0, 0.05) is 6.20 Å². The molecule has 0 saturated heterocycles. The number of H-pyrrole nitrogens is 1. The van der Waals surface area contributed by atoms with Gasteiger partial charge in [0.15, 0.2) is 0 Å². The first-order chi connectivity index (χ1) is 5.54. The van der Waals surface area contributed by atoms with Gasteiger partial charge in [0.2, 0.25) is 0 Å². The van der Waals surface area contributed by atoms with E-state index in [0.29, 0.717) is 6.20 Å². The van der Waals surface area contributed by atoms with E-state index in [0.717, 1.165) is 0 Å². The van der Waals surface area contributed by atoms with Crippen LogP contribution in [-0.4, -0.2) is 4.98 Å². The third kappa shape index (κ3) is 1.45. The Kier molecular flexibility index (Phi) is 2.42. The van der Waals surface area contributed by atoms with E-state index in [9.17, 15) is 18.0 Å². The molecule has 0 aliphatic heterocycles. The van der Waals surface area contributed by atoms with Crippen molar-refractivity contribution in [1.29, 1.82) is 0 Å². The average molecular weight is 198 g/mol. The SMILES string of the molecule is O=c1[nH]cc(F)c(C(F)F)c1Cl. The quantitative estimate of drug-likeness (QED) is 0.735. The normalized spacial score (nSPS) is 10.8. The standard InChI is InChI=1S/C6H3ClF3NO/c7-4-3(5(9)10)2(8)1-11-6(4)12/h1,5H,(H,11,12). The van der Waals surface area contributed by atoms with Gasteiger partial charge in [0.05, 0.1) is 5.56 Å². The van der Waals surface area contributed by atoms with Crippen molar-refractivity contribution >= 4 is 11.6 Å². The summed E-state index contributed by atoms with van der Waals surface area (Å²) in [7, 11) is 0. The summed E-state index contributed by atoms with van der Waals surface area (Å²) in [5, 5.41) is -0.801. The van der Waals surface area contributed by atoms with Crippen molar-refractivity contribution in [3.8, 4) is 0 Å². The molecular formula is C6H3ClF3NO. The average Bonchev–Trinajstić information content (AvgIpc) is 1.97. The van der Waals surface area contributed by atoms with E-state index in [1.165, 1.54) is 0 Å². The van der Waals surface area contributed by atoms with Crippen LogP contribution in [0.2, 0.25) is 5.02 Å². The molecule has 1 heterocycles. The molecule has 0 amide bonds. The van der Waals surface area contributed by atoms with Crippen LogP contribution in [0.15, 0.2) is 11.0 Å². The lowest BCUT2D eigenvalue weighted by Gasteiger charge is -2.01. The van der Waals surface area contributed by atoms with Gasteiger partial charge in [0.1, 0.15) is 10.8 Å². The topological polar surface area (TPSA) is 32.9 Å². The second kappa shape index (κ2) is 3.18. The van der Waals surface area contributed by atoms with Crippen LogP contribution in [0.4, 0.5) is 13.2 Å². The fraction of sp³-hybridized carbons (Fsp3) is 0.167. The highest BCUT2D eigenvalue weighted by Gasteiger charge is 2.19. The largest absolute Gasteiger partial charge is 0.325 e. The lowest BCUT2D eigenvalue weighted by molar-refractivity contribution is 0.146. The first-order valence-electron chi connectivity index (χ1n) is 2.88. The minimum absolute atomic E-state index is 0.551. The van der Waals surface area contributed by atoms with E-state index in [1.807, 2.05) is 4.98 Å². The van der Waals surface area contributed by atoms with Crippen LogP contribution < -0.4 is 5.56 Å². The summed E-state index contributed by atoms with van der Waals surface area (Å²) in [5.41, 5.74) is -1.98. The second-order valence-corrected chi connectivity index (χ2v) is 2.37. The molecule has 1 rings (SSSR count). The highest BCUT2D eigenvalue weighted by molar-refractivity contribution is 6.31. The second-order valence-electron chi connectivity index (χ2n) is 1.99. The number of alkyl halides is 2. The van der Waals surface area contributed by atoms with Gasteiger partial charge in [-0.05, 0) is 0 Å². The van der Waals surface area contributed by atoms with Gasteiger partial charge in [-0.2, -0.15) is 0 Å². The Balaban J connectivity index is 3.43. The Hall–Kier alpha value is -0.970. The first kappa shape index (κ1) is 9.12. The smallest absolute Gasteiger partial charge is 0.268 e. The van der Waals surface area contributed by atoms with Crippen LogP contribution in [0.25, 0.3) is 0 Å². The number of pyridine rings is 1. The van der Waals surface area contributed by atoms with Crippen LogP contribution in [-0.2, 0) is 0 Å². The minimum atomic E-state index is -3.08. The molecule has 0 aliphatic carbocycles. The fourth-order valence-electron chi connectivity index (χ4n) is 0.697. The predicted molar refractivity (Wildman–Crippen MR) is 37.0 cm³/mol. The van der Waals surface area contributed by atoms with Crippen LogP contribution >= 0.6 is 11.6 Å². The van der Waals surface area contributed by atoms with Crippen molar-refractivity contribution < 1.29 is 13.2 Å². The van der Waals surface area contributed by atoms with Crippen molar-refractivity contribution in [3.05, 3.63) is 33.0 Å². The Morgan fingerprint density at radius 1 is 1.50 bits per heavy atom. The molecule has 12 heavy (non-hydrogen) atoms. The van der Waals surface area contributed by atoms with Crippen molar-refractivity contribution in [3.63, 3.8) is 0 Å². The van der Waals surface area contributed by atoms with E-state index in [1.54, 1.807) is 0 Å². The maximum absolute atomic E-state index is 12.5. The van der Waals surface area contributed by atoms with Crippen molar-refractivity contribution in [2.24, 2.45) is 0 Å². The van der Waals surface area contributed by atoms with Gasteiger partial charge in [-0.1, -0.05) is 11.6 Å². The summed E-state index contributed by atoms with van der Waals surface area (Å²) >= 11 is 5.13. The third-order valence-electron chi connectivity index (χ3n) is 1.24. The van der Waals surface area contributed by atoms with Crippen LogP contribution in [0.1, 0.15) is 12.0 Å². The molecule has 0 radical (unpaired) electrons. The van der Waals surface area contributed by atoms with E-state index >= 15 is 0 Å². The van der Waals surface area contributed by atoms with E-state index in [-0.39, 0.29) is 0 Å². The van der Waals surface area contributed by atoms with Crippen LogP contribution in [0.5, 0.6) is 0 Å². The summed E-state index contributed by atoms with van der Waals surface area (Å²) < 4.78 is 36.5. The molecule has 6 heteroatoms. The molecule has 66 valence electrons. The van der Waals surface area contributed by atoms with Crippen LogP contribution in [0.3, 0.4) is 0 Å². The van der Waals surface area contributed by atoms with Gasteiger partial charge >= 0.3 is 0 Å². The molecule has 2 nitrogen and oxygen atoms in total. The number of halogens is 4. The molecule has 0 fully saturated rings. The Morgan fingerprint density at radius 2 is 2.08 bits per heavy atom. The van der Waals surface area contributed by atoms with E-state index in [4.69, 9.17) is 11.6 Å². The van der Waals surface area contributed by atoms with Crippen molar-refractivity contribution in [1.82, 2.24) is 4.98 Å². The zero-order valence-corrected chi connectivity index (χ0v) is 6.33. The number of hydrogen-bond donors (Lipinski definition) is 1. The number of hydrogen-bond acceptors (Lipinski definition) is 1. The molecular weight excluding hydrogens is 195 g/mol. The van der Waals surface area contributed by atoms with Crippen LogP contribution in [0, 0.1) is 5.82 Å². The summed E-state index contributed by atoms with van der Waals surface area (Å²) in [4.78, 5) is 12.5.